The Bertz CT molecular complexity index is 630. The molecule has 1 heterocycles. The predicted molar refractivity (Wildman–Crippen MR) is 106 cm³/mol. The first-order valence-electron chi connectivity index (χ1n) is 8.57. The molecule has 0 aliphatic carbocycles. The van der Waals surface area contributed by atoms with Gasteiger partial charge < -0.3 is 10.6 Å². The Hall–Kier alpha value is -1.24. The van der Waals surface area contributed by atoms with Crippen LogP contribution in [0.5, 0.6) is 0 Å². The van der Waals surface area contributed by atoms with Crippen molar-refractivity contribution in [1.82, 2.24) is 15.5 Å². The van der Waals surface area contributed by atoms with Crippen LogP contribution in [0.2, 0.25) is 0 Å². The second-order valence-electron chi connectivity index (χ2n) is 6.37. The van der Waals surface area contributed by atoms with Crippen LogP contribution in [0.25, 0.3) is 0 Å². The molecule has 11 heteroatoms. The molecule has 4 nitrogen and oxygen atoms in total. The van der Waals surface area contributed by atoms with Crippen LogP contribution in [0.4, 0.5) is 26.3 Å². The molecule has 1 aliphatic rings. The monoisotopic (exact) mass is 524 g/mol. The summed E-state index contributed by atoms with van der Waals surface area (Å²) in [4.78, 5) is 5.64. The summed E-state index contributed by atoms with van der Waals surface area (Å²) < 4.78 is 75.1. The fourth-order valence-electron chi connectivity index (χ4n) is 2.83. The van der Waals surface area contributed by atoms with Crippen molar-refractivity contribution in [3.8, 4) is 0 Å². The van der Waals surface area contributed by atoms with Crippen LogP contribution >= 0.6 is 24.0 Å². The predicted octanol–water partition coefficient (Wildman–Crippen LogP) is 4.02. The molecule has 1 atom stereocenters. The zero-order valence-electron chi connectivity index (χ0n) is 15.2. The van der Waals surface area contributed by atoms with Crippen LogP contribution in [0.3, 0.4) is 0 Å². The lowest BCUT2D eigenvalue weighted by Crippen LogP contribution is -2.45. The van der Waals surface area contributed by atoms with E-state index in [2.05, 4.69) is 15.6 Å². The molecule has 2 rings (SSSR count). The number of hydrogen-bond acceptors (Lipinski definition) is 2. The first-order chi connectivity index (χ1) is 12.6. The number of halogens is 7. The van der Waals surface area contributed by atoms with E-state index < -0.39 is 24.5 Å². The van der Waals surface area contributed by atoms with Crippen molar-refractivity contribution in [2.75, 3.05) is 26.2 Å². The number of nitrogens with one attached hydrogen (secondary N) is 2. The van der Waals surface area contributed by atoms with Gasteiger partial charge in [0, 0.05) is 25.7 Å². The summed E-state index contributed by atoms with van der Waals surface area (Å²) in [6.45, 7) is 2.22. The zero-order valence-corrected chi connectivity index (χ0v) is 17.5. The molecule has 1 aromatic carbocycles. The van der Waals surface area contributed by atoms with Gasteiger partial charge in [-0.05, 0) is 31.0 Å². The minimum atomic E-state index is -4.39. The summed E-state index contributed by atoms with van der Waals surface area (Å²) in [5, 5.41) is 6.09. The molecular weight excluding hydrogens is 501 g/mol. The topological polar surface area (TPSA) is 39.7 Å². The normalized spacial score (nSPS) is 18.7. The van der Waals surface area contributed by atoms with E-state index in [1.54, 1.807) is 0 Å². The van der Waals surface area contributed by atoms with Gasteiger partial charge in [0.15, 0.2) is 5.96 Å². The number of guanidine groups is 1. The average Bonchev–Trinajstić information content (AvgIpc) is 2.97. The molecule has 0 aromatic heterocycles. The number of benzene rings is 1. The smallest absolute Gasteiger partial charge is 0.357 e. The third-order valence-electron chi connectivity index (χ3n) is 4.06. The van der Waals surface area contributed by atoms with Gasteiger partial charge in [0.05, 0.1) is 18.7 Å². The van der Waals surface area contributed by atoms with Crippen molar-refractivity contribution >= 4 is 29.9 Å². The lowest BCUT2D eigenvalue weighted by molar-refractivity contribution is -0.143. The number of alkyl halides is 6. The van der Waals surface area contributed by atoms with Crippen molar-refractivity contribution in [2.24, 2.45) is 4.99 Å². The van der Waals surface area contributed by atoms with Crippen LogP contribution in [0, 0.1) is 0 Å². The van der Waals surface area contributed by atoms with Gasteiger partial charge in [0.1, 0.15) is 0 Å². The van der Waals surface area contributed by atoms with Gasteiger partial charge >= 0.3 is 12.4 Å². The van der Waals surface area contributed by atoms with E-state index in [1.165, 1.54) is 17.0 Å². The Morgan fingerprint density at radius 1 is 1.14 bits per heavy atom. The Balaban J connectivity index is 0.00000392. The summed E-state index contributed by atoms with van der Waals surface area (Å²) in [5.74, 6) is 0.427. The Morgan fingerprint density at radius 3 is 2.32 bits per heavy atom. The summed E-state index contributed by atoms with van der Waals surface area (Å²) >= 11 is 0. The van der Waals surface area contributed by atoms with Crippen LogP contribution in [0.15, 0.2) is 29.3 Å². The number of hydrogen-bond donors (Lipinski definition) is 2. The molecule has 1 unspecified atom stereocenters. The maximum Gasteiger partial charge on any atom is 0.416 e. The van der Waals surface area contributed by atoms with E-state index in [4.69, 9.17) is 0 Å². The van der Waals surface area contributed by atoms with E-state index in [0.717, 1.165) is 12.1 Å². The van der Waals surface area contributed by atoms with Gasteiger partial charge in [-0.1, -0.05) is 12.1 Å². The molecular formula is C17H23F6IN4. The highest BCUT2D eigenvalue weighted by molar-refractivity contribution is 14.0. The SMILES string of the molecule is CCNC(=NCc1ccc(C(F)(F)F)cc1)NC1CCN(CC(F)(F)F)C1.I. The molecule has 28 heavy (non-hydrogen) atoms. The van der Waals surface area contributed by atoms with E-state index in [1.807, 2.05) is 6.92 Å². The van der Waals surface area contributed by atoms with E-state index in [-0.39, 0.29) is 43.1 Å². The van der Waals surface area contributed by atoms with E-state index in [9.17, 15) is 26.3 Å². The molecule has 0 saturated carbocycles. The Kier molecular flexibility index (Phi) is 9.31. The minimum absolute atomic E-state index is 0. The molecule has 0 amide bonds. The average molecular weight is 524 g/mol. The molecule has 0 radical (unpaired) electrons. The quantitative estimate of drug-likeness (QED) is 0.265. The lowest BCUT2D eigenvalue weighted by atomic mass is 10.1. The van der Waals surface area contributed by atoms with Gasteiger partial charge in [-0.15, -0.1) is 24.0 Å². The van der Waals surface area contributed by atoms with Gasteiger partial charge in [0.2, 0.25) is 0 Å². The highest BCUT2D eigenvalue weighted by Gasteiger charge is 2.34. The van der Waals surface area contributed by atoms with E-state index in [0.29, 0.717) is 31.0 Å². The molecule has 2 N–H and O–H groups in total. The van der Waals surface area contributed by atoms with Gasteiger partial charge in [0.25, 0.3) is 0 Å². The lowest BCUT2D eigenvalue weighted by Gasteiger charge is -2.19. The zero-order chi connectivity index (χ0) is 20.1. The first kappa shape index (κ1) is 24.8. The van der Waals surface area contributed by atoms with Gasteiger partial charge in [-0.2, -0.15) is 26.3 Å². The van der Waals surface area contributed by atoms with Gasteiger partial charge in [-0.25, -0.2) is 4.99 Å². The van der Waals surface area contributed by atoms with Crippen LogP contribution < -0.4 is 10.6 Å². The molecule has 1 aliphatic heterocycles. The third kappa shape index (κ3) is 8.41. The minimum Gasteiger partial charge on any atom is -0.357 e. The molecule has 0 spiro atoms. The van der Waals surface area contributed by atoms with Crippen molar-refractivity contribution < 1.29 is 26.3 Å². The standard InChI is InChI=1S/C17H22F6N4.HI/c1-2-24-15(26-14-7-8-27(10-14)11-16(18,19)20)25-9-12-3-5-13(6-4-12)17(21,22)23;/h3-6,14H,2,7-11H2,1H3,(H2,24,25,26);1H. The maximum absolute atomic E-state index is 12.6. The summed E-state index contributed by atoms with van der Waals surface area (Å²) in [5.41, 5.74) is -0.124. The fourth-order valence-corrected chi connectivity index (χ4v) is 2.83. The van der Waals surface area contributed by atoms with Crippen molar-refractivity contribution in [3.05, 3.63) is 35.4 Å². The van der Waals surface area contributed by atoms with Crippen molar-refractivity contribution in [3.63, 3.8) is 0 Å². The maximum atomic E-state index is 12.6. The fraction of sp³-hybridized carbons (Fsp3) is 0.588. The number of nitrogens with zero attached hydrogens (tertiary/aromatic N) is 2. The highest BCUT2D eigenvalue weighted by Crippen LogP contribution is 2.29. The largest absolute Gasteiger partial charge is 0.416 e. The molecule has 1 fully saturated rings. The Morgan fingerprint density at radius 2 is 1.79 bits per heavy atom. The third-order valence-corrected chi connectivity index (χ3v) is 4.06. The summed E-state index contributed by atoms with van der Waals surface area (Å²) in [7, 11) is 0. The van der Waals surface area contributed by atoms with Crippen molar-refractivity contribution in [1.29, 1.82) is 0 Å². The van der Waals surface area contributed by atoms with Crippen molar-refractivity contribution in [2.45, 2.75) is 38.3 Å². The van der Waals surface area contributed by atoms with Crippen LogP contribution in [-0.4, -0.2) is 49.3 Å². The number of rotatable bonds is 5. The Labute approximate surface area is 176 Å². The van der Waals surface area contributed by atoms with E-state index >= 15 is 0 Å². The molecule has 160 valence electrons. The summed E-state index contributed by atoms with van der Waals surface area (Å²) in [6.07, 6.45) is -8.06. The highest BCUT2D eigenvalue weighted by atomic mass is 127. The molecule has 0 bridgehead atoms. The first-order valence-corrected chi connectivity index (χ1v) is 8.57. The van der Waals surface area contributed by atoms with Crippen LogP contribution in [-0.2, 0) is 12.7 Å². The molecule has 1 aromatic rings. The number of likely N-dealkylation sites (tertiary alicyclic amines) is 1. The second-order valence-corrected chi connectivity index (χ2v) is 6.37. The number of aliphatic imine (C=N–C) groups is 1. The summed E-state index contributed by atoms with van der Waals surface area (Å²) in [6, 6.07) is 4.54. The molecule has 1 saturated heterocycles. The van der Waals surface area contributed by atoms with Gasteiger partial charge in [-0.3, -0.25) is 4.90 Å². The van der Waals surface area contributed by atoms with Crippen LogP contribution in [0.1, 0.15) is 24.5 Å². The second kappa shape index (κ2) is 10.5.